The third-order valence-electron chi connectivity index (χ3n) is 3.15. The summed E-state index contributed by atoms with van der Waals surface area (Å²) in [6, 6.07) is 0. The van der Waals surface area contributed by atoms with E-state index in [-0.39, 0.29) is 0 Å². The first-order valence-electron chi connectivity index (χ1n) is 5.63. The molecule has 0 spiro atoms. The molecule has 1 aliphatic heterocycles. The summed E-state index contributed by atoms with van der Waals surface area (Å²) >= 11 is 1.80. The molecule has 0 aromatic rings. The van der Waals surface area contributed by atoms with Gasteiger partial charge in [-0.25, -0.2) is 0 Å². The summed E-state index contributed by atoms with van der Waals surface area (Å²) in [4.78, 5) is 11.1. The molecule has 0 aliphatic carbocycles. The van der Waals surface area contributed by atoms with Gasteiger partial charge in [-0.1, -0.05) is 19.8 Å². The molecule has 0 radical (unpaired) electrons. The monoisotopic (exact) mass is 232 g/mol. The van der Waals surface area contributed by atoms with Gasteiger partial charge in [-0.15, -0.1) is 0 Å². The van der Waals surface area contributed by atoms with Gasteiger partial charge in [0.15, 0.2) is 0 Å². The second-order valence-electron chi connectivity index (χ2n) is 4.25. The molecule has 1 unspecified atom stereocenters. The van der Waals surface area contributed by atoms with Gasteiger partial charge < -0.3 is 10.2 Å². The Bertz CT molecular complexity index is 212. The summed E-state index contributed by atoms with van der Waals surface area (Å²) in [5.41, 5.74) is -0.952. The van der Waals surface area contributed by atoms with E-state index < -0.39 is 17.5 Å². The molecule has 1 saturated heterocycles. The van der Waals surface area contributed by atoms with E-state index in [2.05, 4.69) is 0 Å². The molecule has 0 saturated carbocycles. The Morgan fingerprint density at radius 3 is 2.53 bits per heavy atom. The maximum Gasteiger partial charge on any atom is 0.309 e. The summed E-state index contributed by atoms with van der Waals surface area (Å²) < 4.78 is 0. The number of hydrogen-bond donors (Lipinski definition) is 2. The standard InChI is InChI=1S/C11H20O3S/c1-2-3-4-9(10(12)13)11(14)5-7-15-8-6-11/h9,14H,2-8H2,1H3,(H,12,13). The molecule has 1 fully saturated rings. The Balaban J connectivity index is 2.63. The zero-order valence-electron chi connectivity index (χ0n) is 9.24. The van der Waals surface area contributed by atoms with Crippen LogP contribution in [-0.2, 0) is 4.79 Å². The Morgan fingerprint density at radius 2 is 2.07 bits per heavy atom. The molecule has 4 heteroatoms. The van der Waals surface area contributed by atoms with Crippen LogP contribution in [0.3, 0.4) is 0 Å². The third-order valence-corrected chi connectivity index (χ3v) is 4.14. The highest BCUT2D eigenvalue weighted by atomic mass is 32.2. The molecule has 1 aliphatic rings. The van der Waals surface area contributed by atoms with Gasteiger partial charge in [0, 0.05) is 0 Å². The number of carboxylic acids is 1. The molecule has 0 bridgehead atoms. The van der Waals surface area contributed by atoms with Crippen LogP contribution < -0.4 is 0 Å². The molecular weight excluding hydrogens is 212 g/mol. The zero-order chi connectivity index (χ0) is 11.3. The minimum atomic E-state index is -0.952. The van der Waals surface area contributed by atoms with Crippen LogP contribution >= 0.6 is 11.8 Å². The second-order valence-corrected chi connectivity index (χ2v) is 5.47. The van der Waals surface area contributed by atoms with Gasteiger partial charge in [0.25, 0.3) is 0 Å². The van der Waals surface area contributed by atoms with E-state index in [0.29, 0.717) is 19.3 Å². The molecule has 1 atom stereocenters. The zero-order valence-corrected chi connectivity index (χ0v) is 10.1. The average molecular weight is 232 g/mol. The van der Waals surface area contributed by atoms with Crippen molar-refractivity contribution in [3.8, 4) is 0 Å². The fourth-order valence-corrected chi connectivity index (χ4v) is 3.30. The van der Waals surface area contributed by atoms with Gasteiger partial charge in [0.1, 0.15) is 0 Å². The van der Waals surface area contributed by atoms with E-state index in [9.17, 15) is 9.90 Å². The van der Waals surface area contributed by atoms with E-state index in [1.54, 1.807) is 11.8 Å². The van der Waals surface area contributed by atoms with Crippen molar-refractivity contribution in [2.45, 2.75) is 44.6 Å². The number of aliphatic hydroxyl groups is 1. The van der Waals surface area contributed by atoms with Gasteiger partial charge in [-0.05, 0) is 30.8 Å². The minimum absolute atomic E-state index is 0.571. The summed E-state index contributed by atoms with van der Waals surface area (Å²) in [7, 11) is 0. The Labute approximate surface area is 95.3 Å². The number of thioether (sulfide) groups is 1. The molecule has 15 heavy (non-hydrogen) atoms. The van der Waals surface area contributed by atoms with Crippen LogP contribution in [0.1, 0.15) is 39.0 Å². The largest absolute Gasteiger partial charge is 0.481 e. The van der Waals surface area contributed by atoms with Crippen LogP contribution in [0.25, 0.3) is 0 Å². The van der Waals surface area contributed by atoms with Crippen molar-refractivity contribution in [2.24, 2.45) is 5.92 Å². The summed E-state index contributed by atoms with van der Waals surface area (Å²) in [6.07, 6.45) is 3.71. The average Bonchev–Trinajstić information content (AvgIpc) is 2.18. The predicted octanol–water partition coefficient (Wildman–Crippen LogP) is 2.14. The van der Waals surface area contributed by atoms with Crippen molar-refractivity contribution in [1.82, 2.24) is 0 Å². The molecule has 0 aromatic carbocycles. The van der Waals surface area contributed by atoms with E-state index in [1.807, 2.05) is 6.92 Å². The first-order valence-corrected chi connectivity index (χ1v) is 6.78. The first-order chi connectivity index (χ1) is 7.10. The lowest BCUT2D eigenvalue weighted by atomic mass is 9.79. The Morgan fingerprint density at radius 1 is 1.47 bits per heavy atom. The lowest BCUT2D eigenvalue weighted by Gasteiger charge is -2.36. The number of carbonyl (C=O) groups is 1. The molecule has 0 aromatic heterocycles. The molecular formula is C11H20O3S. The molecule has 0 amide bonds. The number of aliphatic carboxylic acids is 1. The fraction of sp³-hybridized carbons (Fsp3) is 0.909. The van der Waals surface area contributed by atoms with Crippen molar-refractivity contribution >= 4 is 17.7 Å². The summed E-state index contributed by atoms with van der Waals surface area (Å²) in [5, 5.41) is 19.5. The highest BCUT2D eigenvalue weighted by Crippen LogP contribution is 2.35. The molecule has 2 N–H and O–H groups in total. The van der Waals surface area contributed by atoms with Gasteiger partial charge in [0.2, 0.25) is 0 Å². The van der Waals surface area contributed by atoms with Crippen LogP contribution in [0, 0.1) is 5.92 Å². The van der Waals surface area contributed by atoms with Crippen molar-refractivity contribution in [3.05, 3.63) is 0 Å². The van der Waals surface area contributed by atoms with E-state index in [0.717, 1.165) is 24.3 Å². The normalized spacial score (nSPS) is 22.3. The highest BCUT2D eigenvalue weighted by molar-refractivity contribution is 7.99. The topological polar surface area (TPSA) is 57.5 Å². The van der Waals surface area contributed by atoms with Crippen molar-refractivity contribution in [3.63, 3.8) is 0 Å². The van der Waals surface area contributed by atoms with Crippen molar-refractivity contribution in [2.75, 3.05) is 11.5 Å². The van der Waals surface area contributed by atoms with Crippen molar-refractivity contribution < 1.29 is 15.0 Å². The Hall–Kier alpha value is -0.220. The molecule has 1 heterocycles. The van der Waals surface area contributed by atoms with Crippen LogP contribution in [0.5, 0.6) is 0 Å². The number of hydrogen-bond acceptors (Lipinski definition) is 3. The summed E-state index contributed by atoms with van der Waals surface area (Å²) in [6.45, 7) is 2.04. The first kappa shape index (κ1) is 12.8. The third kappa shape index (κ3) is 3.38. The maximum atomic E-state index is 11.1. The quantitative estimate of drug-likeness (QED) is 0.762. The molecule has 88 valence electrons. The van der Waals surface area contributed by atoms with Gasteiger partial charge in [-0.3, -0.25) is 4.79 Å². The molecule has 1 rings (SSSR count). The predicted molar refractivity (Wildman–Crippen MR) is 62.2 cm³/mol. The van der Waals surface area contributed by atoms with E-state index in [4.69, 9.17) is 5.11 Å². The van der Waals surface area contributed by atoms with Crippen molar-refractivity contribution in [1.29, 1.82) is 0 Å². The van der Waals surface area contributed by atoms with Crippen LogP contribution in [-0.4, -0.2) is 33.3 Å². The highest BCUT2D eigenvalue weighted by Gasteiger charge is 2.41. The van der Waals surface area contributed by atoms with E-state index in [1.165, 1.54) is 0 Å². The van der Waals surface area contributed by atoms with Gasteiger partial charge in [0.05, 0.1) is 11.5 Å². The number of unbranched alkanes of at least 4 members (excludes halogenated alkanes) is 1. The second kappa shape index (κ2) is 5.75. The lowest BCUT2D eigenvalue weighted by Crippen LogP contribution is -2.45. The van der Waals surface area contributed by atoms with Crippen LogP contribution in [0.4, 0.5) is 0 Å². The smallest absolute Gasteiger partial charge is 0.309 e. The molecule has 3 nitrogen and oxygen atoms in total. The Kier molecular flexibility index (Phi) is 4.93. The number of rotatable bonds is 5. The van der Waals surface area contributed by atoms with E-state index >= 15 is 0 Å². The van der Waals surface area contributed by atoms with Crippen LogP contribution in [0.15, 0.2) is 0 Å². The maximum absolute atomic E-state index is 11.1. The van der Waals surface area contributed by atoms with Crippen LogP contribution in [0.2, 0.25) is 0 Å². The van der Waals surface area contributed by atoms with Gasteiger partial charge >= 0.3 is 5.97 Å². The lowest BCUT2D eigenvalue weighted by molar-refractivity contribution is -0.153. The minimum Gasteiger partial charge on any atom is -0.481 e. The van der Waals surface area contributed by atoms with Gasteiger partial charge in [-0.2, -0.15) is 11.8 Å². The fourth-order valence-electron chi connectivity index (χ4n) is 2.10. The summed E-state index contributed by atoms with van der Waals surface area (Å²) in [5.74, 6) is 0.356. The SMILES string of the molecule is CCCCC(C(=O)O)C1(O)CCSCC1. The number of carboxylic acid groups (broad SMARTS) is 1.